The lowest BCUT2D eigenvalue weighted by Gasteiger charge is -2.29. The number of rotatable bonds is 2. The van der Waals surface area contributed by atoms with Crippen molar-refractivity contribution in [3.05, 3.63) is 36.0 Å². The van der Waals surface area contributed by atoms with Crippen LogP contribution in [0.4, 0.5) is 4.79 Å². The van der Waals surface area contributed by atoms with Gasteiger partial charge in [-0.2, -0.15) is 5.10 Å². The number of amides is 1. The highest BCUT2D eigenvalue weighted by Crippen LogP contribution is 2.36. The summed E-state index contributed by atoms with van der Waals surface area (Å²) in [5.41, 5.74) is 2.66. The molecule has 0 bridgehead atoms. The molecule has 0 unspecified atom stereocenters. The third-order valence-corrected chi connectivity index (χ3v) is 4.47. The van der Waals surface area contributed by atoms with E-state index in [0.29, 0.717) is 18.5 Å². The van der Waals surface area contributed by atoms with Crippen LogP contribution in [-0.2, 0) is 0 Å². The van der Waals surface area contributed by atoms with E-state index in [1.54, 1.807) is 0 Å². The Morgan fingerprint density at radius 1 is 1.36 bits per heavy atom. The van der Waals surface area contributed by atoms with Crippen LogP contribution in [0.2, 0.25) is 0 Å². The smallest absolute Gasteiger partial charge is 0.411 e. The number of aromatic nitrogens is 2. The molecule has 0 saturated heterocycles. The molecule has 1 fully saturated rings. The molecular weight excluding hydrogens is 278 g/mol. The summed E-state index contributed by atoms with van der Waals surface area (Å²) in [6.45, 7) is 2.62. The minimum Gasteiger partial charge on any atom is -0.465 e. The quantitative estimate of drug-likeness (QED) is 0.918. The number of fused-ring (bicyclic) bond motifs is 1. The standard InChI is InChI=1S/C17H19N3O2/c1-11-2-7-16(19(9-11)17(21)22)12-3-4-13-10-20(14-5-6-14)18-15(13)8-12/h3-4,7-8,10-11,14H,2,5-6,9H2,1H3,(H,21,22)/t11-/m0/s1. The Bertz CT molecular complexity index is 773. The molecule has 4 rings (SSSR count). The Hall–Kier alpha value is -2.30. The van der Waals surface area contributed by atoms with Crippen molar-refractivity contribution in [3.8, 4) is 0 Å². The average Bonchev–Trinajstić information content (AvgIpc) is 3.26. The average molecular weight is 297 g/mol. The molecule has 1 saturated carbocycles. The molecular formula is C17H19N3O2. The Morgan fingerprint density at radius 2 is 2.18 bits per heavy atom. The molecule has 5 nitrogen and oxygen atoms in total. The first-order valence-corrected chi connectivity index (χ1v) is 7.82. The molecule has 22 heavy (non-hydrogen) atoms. The van der Waals surface area contributed by atoms with Gasteiger partial charge in [-0.3, -0.25) is 9.58 Å². The van der Waals surface area contributed by atoms with Gasteiger partial charge >= 0.3 is 6.09 Å². The highest BCUT2D eigenvalue weighted by atomic mass is 16.4. The summed E-state index contributed by atoms with van der Waals surface area (Å²) < 4.78 is 2.04. The molecule has 5 heteroatoms. The fourth-order valence-electron chi connectivity index (χ4n) is 3.08. The number of carbonyl (C=O) groups is 1. The van der Waals surface area contributed by atoms with E-state index in [-0.39, 0.29) is 0 Å². The molecule has 1 amide bonds. The lowest BCUT2D eigenvalue weighted by Crippen LogP contribution is -2.34. The monoisotopic (exact) mass is 297 g/mol. The van der Waals surface area contributed by atoms with Gasteiger partial charge < -0.3 is 5.11 Å². The highest BCUT2D eigenvalue weighted by molar-refractivity contribution is 5.86. The number of carboxylic acid groups (broad SMARTS) is 1. The topological polar surface area (TPSA) is 58.4 Å². The van der Waals surface area contributed by atoms with Gasteiger partial charge in [0.2, 0.25) is 0 Å². The van der Waals surface area contributed by atoms with Gasteiger partial charge in [-0.05, 0) is 31.2 Å². The van der Waals surface area contributed by atoms with E-state index in [9.17, 15) is 9.90 Å². The zero-order chi connectivity index (χ0) is 15.3. The number of benzene rings is 1. The van der Waals surface area contributed by atoms with Crippen LogP contribution in [0.5, 0.6) is 0 Å². The van der Waals surface area contributed by atoms with E-state index in [0.717, 1.165) is 28.6 Å². The van der Waals surface area contributed by atoms with Crippen LogP contribution < -0.4 is 0 Å². The third-order valence-electron chi connectivity index (χ3n) is 4.47. The van der Waals surface area contributed by atoms with Crippen molar-refractivity contribution in [2.75, 3.05) is 6.54 Å². The van der Waals surface area contributed by atoms with Crippen molar-refractivity contribution in [3.63, 3.8) is 0 Å². The first kappa shape index (κ1) is 13.4. The van der Waals surface area contributed by atoms with E-state index < -0.39 is 6.09 Å². The predicted molar refractivity (Wildman–Crippen MR) is 84.5 cm³/mol. The Labute approximate surface area is 128 Å². The van der Waals surface area contributed by atoms with E-state index in [2.05, 4.69) is 18.2 Å². The summed E-state index contributed by atoms with van der Waals surface area (Å²) in [6.07, 6.45) is 6.55. The van der Waals surface area contributed by atoms with Crippen LogP contribution in [-0.4, -0.2) is 32.4 Å². The highest BCUT2D eigenvalue weighted by Gasteiger charge is 2.26. The zero-order valence-electron chi connectivity index (χ0n) is 12.6. The van der Waals surface area contributed by atoms with Crippen LogP contribution in [0, 0.1) is 5.92 Å². The Kier molecular flexibility index (Phi) is 2.96. The van der Waals surface area contributed by atoms with Gasteiger partial charge in [0, 0.05) is 23.7 Å². The number of nitrogens with zero attached hydrogens (tertiary/aromatic N) is 3. The summed E-state index contributed by atoms with van der Waals surface area (Å²) in [7, 11) is 0. The van der Waals surface area contributed by atoms with Gasteiger partial charge in [-0.25, -0.2) is 4.79 Å². The van der Waals surface area contributed by atoms with Gasteiger partial charge in [0.25, 0.3) is 0 Å². The summed E-state index contributed by atoms with van der Waals surface area (Å²) >= 11 is 0. The van der Waals surface area contributed by atoms with E-state index in [4.69, 9.17) is 0 Å². The van der Waals surface area contributed by atoms with Gasteiger partial charge in [-0.1, -0.05) is 25.1 Å². The molecule has 1 atom stereocenters. The van der Waals surface area contributed by atoms with E-state index >= 15 is 0 Å². The second-order valence-corrected chi connectivity index (χ2v) is 6.44. The molecule has 114 valence electrons. The van der Waals surface area contributed by atoms with Crippen molar-refractivity contribution in [2.45, 2.75) is 32.2 Å². The maximum Gasteiger partial charge on any atom is 0.411 e. The lowest BCUT2D eigenvalue weighted by molar-refractivity contribution is 0.159. The largest absolute Gasteiger partial charge is 0.465 e. The molecule has 1 aliphatic carbocycles. The minimum atomic E-state index is -0.888. The maximum atomic E-state index is 11.5. The molecule has 2 aromatic rings. The number of hydrogen-bond donors (Lipinski definition) is 1. The second-order valence-electron chi connectivity index (χ2n) is 6.44. The predicted octanol–water partition coefficient (Wildman–Crippen LogP) is 3.73. The minimum absolute atomic E-state index is 0.359. The van der Waals surface area contributed by atoms with Crippen molar-refractivity contribution >= 4 is 22.7 Å². The Balaban J connectivity index is 1.74. The molecule has 1 aliphatic heterocycles. The van der Waals surface area contributed by atoms with E-state index in [1.165, 1.54) is 17.7 Å². The van der Waals surface area contributed by atoms with Crippen LogP contribution >= 0.6 is 0 Å². The maximum absolute atomic E-state index is 11.5. The molecule has 2 aliphatic rings. The molecule has 1 aromatic carbocycles. The van der Waals surface area contributed by atoms with Gasteiger partial charge in [-0.15, -0.1) is 0 Å². The number of hydrogen-bond acceptors (Lipinski definition) is 2. The summed E-state index contributed by atoms with van der Waals surface area (Å²) in [4.78, 5) is 13.0. The van der Waals surface area contributed by atoms with Crippen molar-refractivity contribution in [2.24, 2.45) is 5.92 Å². The first-order valence-electron chi connectivity index (χ1n) is 7.82. The third kappa shape index (κ3) is 2.26. The molecule has 1 N–H and O–H groups in total. The fourth-order valence-corrected chi connectivity index (χ4v) is 3.08. The second kappa shape index (κ2) is 4.87. The van der Waals surface area contributed by atoms with Gasteiger partial charge in [0.05, 0.1) is 17.3 Å². The summed E-state index contributed by atoms with van der Waals surface area (Å²) in [6, 6.07) is 6.60. The molecule has 2 heterocycles. The summed E-state index contributed by atoms with van der Waals surface area (Å²) in [5, 5.41) is 15.2. The van der Waals surface area contributed by atoms with Crippen LogP contribution in [0.1, 0.15) is 37.8 Å². The van der Waals surface area contributed by atoms with Crippen molar-refractivity contribution in [1.29, 1.82) is 0 Å². The lowest BCUT2D eigenvalue weighted by atomic mass is 9.98. The van der Waals surface area contributed by atoms with Gasteiger partial charge in [0.15, 0.2) is 0 Å². The van der Waals surface area contributed by atoms with Crippen LogP contribution in [0.15, 0.2) is 30.5 Å². The summed E-state index contributed by atoms with van der Waals surface area (Å²) in [5.74, 6) is 0.359. The van der Waals surface area contributed by atoms with Gasteiger partial charge in [0.1, 0.15) is 0 Å². The molecule has 0 radical (unpaired) electrons. The molecule has 1 aromatic heterocycles. The SMILES string of the molecule is C[C@H]1CC=C(c2ccc3cn(C4CC4)nc3c2)N(C(=O)O)C1. The van der Waals surface area contributed by atoms with E-state index in [1.807, 2.05) is 29.0 Å². The van der Waals surface area contributed by atoms with Crippen molar-refractivity contribution < 1.29 is 9.90 Å². The zero-order valence-corrected chi connectivity index (χ0v) is 12.6. The van der Waals surface area contributed by atoms with Crippen LogP contribution in [0.25, 0.3) is 16.6 Å². The number of allylic oxidation sites excluding steroid dienone is 1. The first-order chi connectivity index (χ1) is 10.6. The normalized spacial score (nSPS) is 22.0. The van der Waals surface area contributed by atoms with Crippen molar-refractivity contribution in [1.82, 2.24) is 14.7 Å². The molecule has 0 spiro atoms. The fraction of sp³-hybridized carbons (Fsp3) is 0.412. The Morgan fingerprint density at radius 3 is 2.91 bits per heavy atom. The van der Waals surface area contributed by atoms with Crippen LogP contribution in [0.3, 0.4) is 0 Å².